The number of fused-ring (bicyclic) bond motifs is 2. The van der Waals surface area contributed by atoms with Crippen molar-refractivity contribution in [3.05, 3.63) is 53.6 Å². The van der Waals surface area contributed by atoms with E-state index in [1.165, 1.54) is 29.4 Å². The summed E-state index contributed by atoms with van der Waals surface area (Å²) >= 11 is 0. The second kappa shape index (κ2) is 8.42. The van der Waals surface area contributed by atoms with E-state index >= 15 is 0 Å². The first-order chi connectivity index (χ1) is 16.0. The highest BCUT2D eigenvalue weighted by molar-refractivity contribution is 6.10. The van der Waals surface area contributed by atoms with E-state index in [1.807, 2.05) is 24.3 Å². The molecule has 0 bridgehead atoms. The quantitative estimate of drug-likeness (QED) is 0.281. The van der Waals surface area contributed by atoms with Crippen LogP contribution < -0.4 is 11.1 Å². The number of carbonyl (C=O) groups is 1. The van der Waals surface area contributed by atoms with Gasteiger partial charge in [0.25, 0.3) is 5.91 Å². The monoisotopic (exact) mass is 444 g/mol. The molecule has 0 spiro atoms. The highest BCUT2D eigenvalue weighted by Crippen LogP contribution is 2.29. The fraction of sp³-hybridized carbons (Fsp3) is 0.250. The van der Waals surface area contributed by atoms with Crippen LogP contribution in [-0.2, 0) is 0 Å². The van der Waals surface area contributed by atoms with Crippen LogP contribution >= 0.6 is 0 Å². The molecule has 1 saturated carbocycles. The lowest BCUT2D eigenvalue weighted by Gasteiger charge is -2.22. The lowest BCUT2D eigenvalue weighted by molar-refractivity contribution is 0.0930. The third-order valence-electron chi connectivity index (χ3n) is 5.96. The molecule has 33 heavy (non-hydrogen) atoms. The van der Waals surface area contributed by atoms with E-state index in [4.69, 9.17) is 5.73 Å². The number of hydrogen-bond donors (Lipinski definition) is 4. The second-order valence-corrected chi connectivity index (χ2v) is 8.26. The zero-order valence-corrected chi connectivity index (χ0v) is 17.9. The van der Waals surface area contributed by atoms with Crippen LogP contribution in [0, 0.1) is 0 Å². The molecule has 2 aromatic carbocycles. The van der Waals surface area contributed by atoms with Gasteiger partial charge in [-0.05, 0) is 48.7 Å². The fourth-order valence-corrected chi connectivity index (χ4v) is 4.24. The van der Waals surface area contributed by atoms with Gasteiger partial charge in [-0.2, -0.15) is 9.78 Å². The van der Waals surface area contributed by atoms with Crippen LogP contribution in [0.25, 0.3) is 22.2 Å². The van der Waals surface area contributed by atoms with Crippen molar-refractivity contribution in [2.75, 3.05) is 5.73 Å². The molecule has 0 saturated heterocycles. The third-order valence-corrected chi connectivity index (χ3v) is 5.96. The summed E-state index contributed by atoms with van der Waals surface area (Å²) in [4.78, 5) is 22.6. The Morgan fingerprint density at radius 2 is 1.79 bits per heavy atom. The summed E-state index contributed by atoms with van der Waals surface area (Å²) in [6.07, 6.45) is 6.73. The molecule has 0 unspecified atom stereocenters. The number of hydrogen-bond acceptors (Lipinski definition) is 7. The number of phenols is 2. The highest BCUT2D eigenvalue weighted by Gasteiger charge is 2.26. The van der Waals surface area contributed by atoms with Gasteiger partial charge < -0.3 is 21.3 Å². The van der Waals surface area contributed by atoms with E-state index in [0.29, 0.717) is 27.8 Å². The molecule has 9 nitrogen and oxygen atoms in total. The maximum atomic E-state index is 13.3. The van der Waals surface area contributed by atoms with Crippen LogP contribution in [0.2, 0.25) is 0 Å². The minimum atomic E-state index is -0.287. The van der Waals surface area contributed by atoms with Gasteiger partial charge >= 0.3 is 0 Å². The third kappa shape index (κ3) is 3.93. The van der Waals surface area contributed by atoms with E-state index in [9.17, 15) is 15.0 Å². The van der Waals surface area contributed by atoms with E-state index in [0.717, 1.165) is 25.7 Å². The Morgan fingerprint density at radius 3 is 2.52 bits per heavy atom. The zero-order chi connectivity index (χ0) is 22.9. The molecule has 1 fully saturated rings. The van der Waals surface area contributed by atoms with Gasteiger partial charge in [0.05, 0.1) is 17.2 Å². The first-order valence-electron chi connectivity index (χ1n) is 10.9. The van der Waals surface area contributed by atoms with Gasteiger partial charge in [0, 0.05) is 6.04 Å². The fourth-order valence-electron chi connectivity index (χ4n) is 4.24. The summed E-state index contributed by atoms with van der Waals surface area (Å²) in [5.74, 6) is -0.641. The molecule has 4 aromatic rings. The Labute approximate surface area is 189 Å². The molecule has 0 radical (unpaired) electrons. The van der Waals surface area contributed by atoms with Crippen LogP contribution in [0.15, 0.2) is 47.6 Å². The zero-order valence-electron chi connectivity index (χ0n) is 17.9. The molecule has 5 rings (SSSR count). The van der Waals surface area contributed by atoms with Crippen molar-refractivity contribution in [2.45, 2.75) is 38.1 Å². The molecule has 1 aliphatic carbocycles. The first-order valence-corrected chi connectivity index (χ1v) is 10.9. The Hall–Kier alpha value is -4.14. The number of phenolic OH excluding ortho intramolecular Hbond substituents is 2. The summed E-state index contributed by atoms with van der Waals surface area (Å²) in [6, 6.07) is 11.8. The van der Waals surface area contributed by atoms with Crippen molar-refractivity contribution >= 4 is 40.1 Å². The second-order valence-electron chi connectivity index (χ2n) is 8.26. The summed E-state index contributed by atoms with van der Waals surface area (Å²) in [5.41, 5.74) is 9.25. The van der Waals surface area contributed by atoms with Crippen molar-refractivity contribution in [1.82, 2.24) is 20.0 Å². The maximum Gasteiger partial charge on any atom is 0.257 e. The molecule has 168 valence electrons. The molecule has 5 N–H and O–H groups in total. The van der Waals surface area contributed by atoms with Crippen molar-refractivity contribution in [1.29, 1.82) is 0 Å². The summed E-state index contributed by atoms with van der Waals surface area (Å²) in [5, 5.41) is 26.8. The van der Waals surface area contributed by atoms with Crippen molar-refractivity contribution in [2.24, 2.45) is 5.10 Å². The van der Waals surface area contributed by atoms with Crippen LogP contribution in [-0.4, -0.2) is 43.0 Å². The van der Waals surface area contributed by atoms with E-state index in [-0.39, 0.29) is 34.8 Å². The molecule has 2 aromatic heterocycles. The van der Waals surface area contributed by atoms with Crippen molar-refractivity contribution in [3.8, 4) is 11.5 Å². The molecule has 9 heteroatoms. The predicted molar refractivity (Wildman–Crippen MR) is 127 cm³/mol. The Kier molecular flexibility index (Phi) is 5.29. The number of nitrogens with zero attached hydrogens (tertiary/aromatic N) is 4. The van der Waals surface area contributed by atoms with Gasteiger partial charge in [0.2, 0.25) is 0 Å². The smallest absolute Gasteiger partial charge is 0.257 e. The molecule has 0 atom stereocenters. The molecule has 0 aliphatic heterocycles. The number of nitrogens with two attached hydrogens (primary N) is 1. The van der Waals surface area contributed by atoms with Gasteiger partial charge in [0.1, 0.15) is 16.9 Å². The molecular weight excluding hydrogens is 420 g/mol. The number of amides is 1. The minimum Gasteiger partial charge on any atom is -0.504 e. The maximum absolute atomic E-state index is 13.3. The normalized spacial score (nSPS) is 14.9. The number of nitrogen functional groups attached to an aromatic ring is 1. The van der Waals surface area contributed by atoms with Crippen LogP contribution in [0.4, 0.5) is 5.82 Å². The molecule has 1 amide bonds. The van der Waals surface area contributed by atoms with Gasteiger partial charge in [-0.15, -0.1) is 0 Å². The van der Waals surface area contributed by atoms with Gasteiger partial charge in [-0.3, -0.25) is 4.79 Å². The minimum absolute atomic E-state index is 0.112. The Morgan fingerprint density at radius 1 is 1.06 bits per heavy atom. The lowest BCUT2D eigenvalue weighted by atomic mass is 9.95. The Balaban J connectivity index is 1.62. The van der Waals surface area contributed by atoms with E-state index in [2.05, 4.69) is 20.4 Å². The topological polar surface area (TPSA) is 139 Å². The highest BCUT2D eigenvalue weighted by atomic mass is 16.3. The van der Waals surface area contributed by atoms with Crippen LogP contribution in [0.5, 0.6) is 11.5 Å². The summed E-state index contributed by atoms with van der Waals surface area (Å²) < 4.78 is 1.38. The van der Waals surface area contributed by atoms with Gasteiger partial charge in [0.15, 0.2) is 17.1 Å². The lowest BCUT2D eigenvalue weighted by Crippen LogP contribution is -2.36. The number of rotatable bonds is 4. The predicted octanol–water partition coefficient (Wildman–Crippen LogP) is 3.52. The molecule has 2 heterocycles. The van der Waals surface area contributed by atoms with Crippen LogP contribution in [0.1, 0.15) is 48.0 Å². The number of para-hydroxylation sites is 2. The summed E-state index contributed by atoms with van der Waals surface area (Å²) in [7, 11) is 0. The van der Waals surface area contributed by atoms with Crippen molar-refractivity contribution < 1.29 is 15.0 Å². The van der Waals surface area contributed by atoms with Crippen LogP contribution in [0.3, 0.4) is 0 Å². The average Bonchev–Trinajstić information content (AvgIpc) is 3.09. The Bertz CT molecular complexity index is 1390. The van der Waals surface area contributed by atoms with E-state index in [1.54, 1.807) is 6.07 Å². The standard InChI is InChI=1S/C24H24N6O3/c25-22-20(24(33)27-15-6-2-1-3-7-15)21-23(29-17-9-5-4-8-16(17)28-21)30(22)26-13-14-10-11-18(31)19(32)12-14/h4-5,8-13,15,31-32H,1-3,6-7,25H2,(H,27,33)/b26-13-. The number of carbonyl (C=O) groups excluding carboxylic acids is 1. The van der Waals surface area contributed by atoms with Gasteiger partial charge in [-0.25, -0.2) is 9.97 Å². The van der Waals surface area contributed by atoms with E-state index < -0.39 is 0 Å². The number of aromatic nitrogens is 3. The first kappa shape index (κ1) is 20.7. The largest absolute Gasteiger partial charge is 0.504 e. The number of benzene rings is 2. The number of anilines is 1. The average molecular weight is 444 g/mol. The summed E-state index contributed by atoms with van der Waals surface area (Å²) in [6.45, 7) is 0. The van der Waals surface area contributed by atoms with Crippen molar-refractivity contribution in [3.63, 3.8) is 0 Å². The number of nitrogens with one attached hydrogen (secondary N) is 1. The number of aromatic hydroxyl groups is 2. The molecule has 1 aliphatic rings. The molecular formula is C24H24N6O3. The SMILES string of the molecule is Nc1c(C(=O)NC2CCCCC2)c2nc3ccccc3nc2n1/N=C\c1ccc(O)c(O)c1. The van der Waals surface area contributed by atoms with Gasteiger partial charge in [-0.1, -0.05) is 31.4 Å².